The number of carbonyl (C=O) groups excluding carboxylic acids is 2. The van der Waals surface area contributed by atoms with Gasteiger partial charge in [-0.3, -0.25) is 4.79 Å². The first-order valence-corrected chi connectivity index (χ1v) is 9.99. The van der Waals surface area contributed by atoms with Crippen molar-refractivity contribution in [3.8, 4) is 0 Å². The van der Waals surface area contributed by atoms with E-state index in [4.69, 9.17) is 5.73 Å². The van der Waals surface area contributed by atoms with Gasteiger partial charge in [-0.05, 0) is 48.8 Å². The van der Waals surface area contributed by atoms with E-state index in [1.807, 2.05) is 47.4 Å². The van der Waals surface area contributed by atoms with Crippen LogP contribution in [-0.2, 0) is 4.79 Å². The Balaban J connectivity index is 1.67. The Morgan fingerprint density at radius 3 is 2.36 bits per heavy atom. The average Bonchev–Trinajstić information content (AvgIpc) is 2.72. The van der Waals surface area contributed by atoms with Crippen molar-refractivity contribution < 1.29 is 9.59 Å². The molecular formula is C23H29N3O2. The minimum atomic E-state index is -0.246. The quantitative estimate of drug-likeness (QED) is 0.802. The highest BCUT2D eigenvalue weighted by Crippen LogP contribution is 2.26. The number of hydrogen-bond donors (Lipinski definition) is 2. The number of benzene rings is 2. The van der Waals surface area contributed by atoms with Crippen molar-refractivity contribution in [3.63, 3.8) is 0 Å². The smallest absolute Gasteiger partial charge is 0.318 e. The summed E-state index contributed by atoms with van der Waals surface area (Å²) in [6.07, 6.45) is 3.09. The Morgan fingerprint density at radius 1 is 1.07 bits per heavy atom. The third-order valence-electron chi connectivity index (χ3n) is 5.60. The van der Waals surface area contributed by atoms with Crippen LogP contribution in [0.5, 0.6) is 0 Å². The summed E-state index contributed by atoms with van der Waals surface area (Å²) in [6, 6.07) is 18.0. The maximum absolute atomic E-state index is 13.0. The number of piperidine rings is 1. The first kappa shape index (κ1) is 19.9. The number of hydrogen-bond acceptors (Lipinski definition) is 2. The molecule has 0 saturated carbocycles. The van der Waals surface area contributed by atoms with E-state index in [2.05, 4.69) is 24.4 Å². The van der Waals surface area contributed by atoms with E-state index in [0.29, 0.717) is 25.4 Å². The number of amides is 3. The fourth-order valence-corrected chi connectivity index (χ4v) is 3.88. The normalized spacial score (nSPS) is 15.8. The van der Waals surface area contributed by atoms with Gasteiger partial charge < -0.3 is 16.0 Å². The number of rotatable bonds is 6. The van der Waals surface area contributed by atoms with E-state index < -0.39 is 0 Å². The van der Waals surface area contributed by atoms with Crippen LogP contribution in [0.1, 0.15) is 48.4 Å². The summed E-state index contributed by atoms with van der Waals surface area (Å²) in [5, 5.41) is 3.24. The summed E-state index contributed by atoms with van der Waals surface area (Å²) in [5.74, 6) is 0.224. The van der Waals surface area contributed by atoms with E-state index in [0.717, 1.165) is 36.0 Å². The maximum atomic E-state index is 13.0. The molecule has 0 aromatic heterocycles. The second-order valence-corrected chi connectivity index (χ2v) is 7.59. The lowest BCUT2D eigenvalue weighted by atomic mass is 9.92. The zero-order valence-electron chi connectivity index (χ0n) is 16.4. The van der Waals surface area contributed by atoms with E-state index >= 15 is 0 Å². The van der Waals surface area contributed by atoms with Crippen LogP contribution in [0, 0.1) is 12.8 Å². The Hall–Kier alpha value is -2.82. The molecule has 2 aromatic carbocycles. The number of nitrogens with zero attached hydrogens (tertiary/aromatic N) is 1. The van der Waals surface area contributed by atoms with Gasteiger partial charge in [-0.15, -0.1) is 0 Å². The summed E-state index contributed by atoms with van der Waals surface area (Å²) in [6.45, 7) is 3.50. The fourth-order valence-electron chi connectivity index (χ4n) is 3.88. The van der Waals surface area contributed by atoms with Crippen molar-refractivity contribution in [3.05, 3.63) is 71.3 Å². The van der Waals surface area contributed by atoms with Gasteiger partial charge in [-0.2, -0.15) is 0 Å². The topological polar surface area (TPSA) is 75.4 Å². The van der Waals surface area contributed by atoms with Gasteiger partial charge in [0.05, 0.1) is 6.04 Å². The number of primary amides is 1. The van der Waals surface area contributed by atoms with Crippen molar-refractivity contribution in [1.29, 1.82) is 0 Å². The number of nitrogens with one attached hydrogen (secondary N) is 1. The van der Waals surface area contributed by atoms with E-state index in [1.54, 1.807) is 0 Å². The van der Waals surface area contributed by atoms with Gasteiger partial charge in [0.1, 0.15) is 0 Å². The molecule has 28 heavy (non-hydrogen) atoms. The van der Waals surface area contributed by atoms with Crippen molar-refractivity contribution in [2.24, 2.45) is 11.7 Å². The summed E-state index contributed by atoms with van der Waals surface area (Å²) in [7, 11) is 0. The zero-order valence-corrected chi connectivity index (χ0v) is 16.4. The third kappa shape index (κ3) is 5.12. The van der Waals surface area contributed by atoms with Gasteiger partial charge in [0.25, 0.3) is 0 Å². The number of urea groups is 1. The molecule has 3 amide bonds. The van der Waals surface area contributed by atoms with Crippen molar-refractivity contribution in [2.75, 3.05) is 13.1 Å². The minimum Gasteiger partial charge on any atom is -0.370 e. The summed E-state index contributed by atoms with van der Waals surface area (Å²) < 4.78 is 0. The molecule has 0 aliphatic carbocycles. The third-order valence-corrected chi connectivity index (χ3v) is 5.60. The molecule has 5 nitrogen and oxygen atoms in total. The highest BCUT2D eigenvalue weighted by atomic mass is 16.2. The molecule has 0 unspecified atom stereocenters. The van der Waals surface area contributed by atoms with Gasteiger partial charge in [-0.25, -0.2) is 4.79 Å². The number of nitrogens with two attached hydrogens (primary N) is 1. The minimum absolute atomic E-state index is 0.0366. The zero-order chi connectivity index (χ0) is 19.9. The van der Waals surface area contributed by atoms with E-state index in [-0.39, 0.29) is 18.0 Å². The highest BCUT2D eigenvalue weighted by molar-refractivity contribution is 5.75. The largest absolute Gasteiger partial charge is 0.370 e. The molecule has 3 rings (SSSR count). The van der Waals surface area contributed by atoms with Crippen LogP contribution in [0.2, 0.25) is 0 Å². The summed E-state index contributed by atoms with van der Waals surface area (Å²) in [4.78, 5) is 25.8. The molecule has 1 heterocycles. The van der Waals surface area contributed by atoms with Gasteiger partial charge in [0, 0.05) is 19.5 Å². The number of carbonyl (C=O) groups is 2. The van der Waals surface area contributed by atoms with Crippen LogP contribution in [0.25, 0.3) is 0 Å². The molecule has 3 N–H and O–H groups in total. The SMILES string of the molecule is Cc1ccccc1[C@@H](NC(=O)N1CCC(CCC(N)=O)CC1)c1ccccc1. The number of aryl methyl sites for hydroxylation is 1. The molecular weight excluding hydrogens is 350 g/mol. The summed E-state index contributed by atoms with van der Waals surface area (Å²) in [5.41, 5.74) is 8.58. The molecule has 1 aliphatic rings. The van der Waals surface area contributed by atoms with Gasteiger partial charge >= 0.3 is 6.03 Å². The molecule has 5 heteroatoms. The maximum Gasteiger partial charge on any atom is 0.318 e. The van der Waals surface area contributed by atoms with Crippen LogP contribution in [0.3, 0.4) is 0 Å². The van der Waals surface area contributed by atoms with Crippen molar-refractivity contribution in [1.82, 2.24) is 10.2 Å². The van der Waals surface area contributed by atoms with Gasteiger partial charge in [-0.1, -0.05) is 54.6 Å². The molecule has 1 aliphatic heterocycles. The van der Waals surface area contributed by atoms with Crippen molar-refractivity contribution >= 4 is 11.9 Å². The van der Waals surface area contributed by atoms with Crippen LogP contribution < -0.4 is 11.1 Å². The van der Waals surface area contributed by atoms with Crippen LogP contribution in [0.15, 0.2) is 54.6 Å². The van der Waals surface area contributed by atoms with Crippen LogP contribution >= 0.6 is 0 Å². The Kier molecular flexibility index (Phi) is 6.69. The molecule has 1 atom stereocenters. The number of likely N-dealkylation sites (tertiary alicyclic amines) is 1. The molecule has 2 aromatic rings. The van der Waals surface area contributed by atoms with Crippen LogP contribution in [-0.4, -0.2) is 29.9 Å². The Labute approximate surface area is 166 Å². The molecule has 0 bridgehead atoms. The monoisotopic (exact) mass is 379 g/mol. The lowest BCUT2D eigenvalue weighted by molar-refractivity contribution is -0.118. The second kappa shape index (κ2) is 9.40. The van der Waals surface area contributed by atoms with E-state index in [1.165, 1.54) is 0 Å². The highest BCUT2D eigenvalue weighted by Gasteiger charge is 2.26. The van der Waals surface area contributed by atoms with Gasteiger partial charge in [0.2, 0.25) is 5.91 Å². The predicted octanol–water partition coefficient (Wildman–Crippen LogP) is 3.77. The molecule has 1 fully saturated rings. The fraction of sp³-hybridized carbons (Fsp3) is 0.391. The predicted molar refractivity (Wildman–Crippen MR) is 111 cm³/mol. The molecule has 0 radical (unpaired) electrons. The lowest BCUT2D eigenvalue weighted by Gasteiger charge is -2.33. The van der Waals surface area contributed by atoms with Gasteiger partial charge in [0.15, 0.2) is 0 Å². The molecule has 148 valence electrons. The first-order valence-electron chi connectivity index (χ1n) is 9.99. The Bertz CT molecular complexity index is 799. The second-order valence-electron chi connectivity index (χ2n) is 7.59. The van der Waals surface area contributed by atoms with Crippen LogP contribution in [0.4, 0.5) is 4.79 Å². The summed E-state index contributed by atoms with van der Waals surface area (Å²) >= 11 is 0. The molecule has 1 saturated heterocycles. The average molecular weight is 380 g/mol. The Morgan fingerprint density at radius 2 is 1.71 bits per heavy atom. The van der Waals surface area contributed by atoms with E-state index in [9.17, 15) is 9.59 Å². The van der Waals surface area contributed by atoms with Crippen molar-refractivity contribution in [2.45, 2.75) is 38.6 Å². The molecule has 0 spiro atoms. The lowest BCUT2D eigenvalue weighted by Crippen LogP contribution is -2.46. The standard InChI is InChI=1S/C23H29N3O2/c1-17-7-5-6-10-20(17)22(19-8-3-2-4-9-19)25-23(28)26-15-13-18(14-16-26)11-12-21(24)27/h2-10,18,22H,11-16H2,1H3,(H2,24,27)(H,25,28)/t22-/m0/s1. The first-order chi connectivity index (χ1) is 13.5.